The highest BCUT2D eigenvalue weighted by molar-refractivity contribution is 4.91. The molecule has 1 fully saturated rings. The first-order valence-electron chi connectivity index (χ1n) is 9.47. The molecule has 1 rings (SSSR count). The second kappa shape index (κ2) is 15.7. The monoisotopic (exact) mass is 474 g/mol. The third kappa shape index (κ3) is 9.42. The largest absolute Gasteiger partial charge is 0.394 e. The first kappa shape index (κ1) is 30.9. The smallest absolute Gasteiger partial charge is 0.187 e. The molecule has 190 valence electrons. The van der Waals surface area contributed by atoms with E-state index in [4.69, 9.17) is 35.0 Å². The van der Waals surface area contributed by atoms with Gasteiger partial charge in [0.05, 0.1) is 19.8 Å². The summed E-state index contributed by atoms with van der Waals surface area (Å²) in [7, 11) is 0. The van der Waals surface area contributed by atoms with Gasteiger partial charge < -0.3 is 70.4 Å². The summed E-state index contributed by atoms with van der Waals surface area (Å²) in [6.07, 6.45) is -15.0. The van der Waals surface area contributed by atoms with Crippen molar-refractivity contribution < 1.29 is 70.4 Å². The lowest BCUT2D eigenvalue weighted by Crippen LogP contribution is -2.61. The van der Waals surface area contributed by atoms with E-state index < -0.39 is 87.5 Å². The Balaban J connectivity index is 0.000000900. The lowest BCUT2D eigenvalue weighted by molar-refractivity contribution is -0.327. The van der Waals surface area contributed by atoms with Gasteiger partial charge in [-0.2, -0.15) is 0 Å². The number of rotatable bonds is 12. The zero-order valence-corrected chi connectivity index (χ0v) is 17.2. The van der Waals surface area contributed by atoms with Crippen molar-refractivity contribution in [1.29, 1.82) is 0 Å². The Morgan fingerprint density at radius 1 is 0.781 bits per heavy atom. The average Bonchev–Trinajstić information content (AvgIpc) is 2.80. The minimum absolute atomic E-state index is 0.708. The van der Waals surface area contributed by atoms with E-state index in [0.29, 0.717) is 0 Å². The van der Waals surface area contributed by atoms with E-state index in [9.17, 15) is 30.6 Å². The molecule has 32 heavy (non-hydrogen) atoms. The van der Waals surface area contributed by atoms with Crippen LogP contribution in [0.2, 0.25) is 0 Å². The topological polar surface area (TPSA) is 250 Å². The lowest BCUT2D eigenvalue weighted by Gasteiger charge is -2.42. The Morgan fingerprint density at radius 3 is 1.69 bits per heavy atom. The Labute approximate surface area is 184 Å². The summed E-state index contributed by atoms with van der Waals surface area (Å²) in [4.78, 5) is 0. The fourth-order valence-electron chi connectivity index (χ4n) is 2.42. The molecule has 14 nitrogen and oxygen atoms in total. The summed E-state index contributed by atoms with van der Waals surface area (Å²) in [6, 6.07) is 0. The van der Waals surface area contributed by atoms with E-state index in [-0.39, 0.29) is 0 Å². The second-order valence-corrected chi connectivity index (χ2v) is 6.68. The van der Waals surface area contributed by atoms with Crippen molar-refractivity contribution in [3.63, 3.8) is 0 Å². The molecule has 2 unspecified atom stereocenters. The maximum absolute atomic E-state index is 9.83. The summed E-state index contributed by atoms with van der Waals surface area (Å²) in [5, 5.41) is 102. The van der Waals surface area contributed by atoms with Crippen molar-refractivity contribution in [3.8, 4) is 0 Å². The van der Waals surface area contributed by atoms with Crippen LogP contribution in [0.15, 0.2) is 25.3 Å². The fourth-order valence-corrected chi connectivity index (χ4v) is 2.42. The van der Waals surface area contributed by atoms with Crippen LogP contribution in [0, 0.1) is 0 Å². The first-order valence-corrected chi connectivity index (χ1v) is 9.47. The minimum Gasteiger partial charge on any atom is -0.394 e. The molecule has 0 aromatic carbocycles. The van der Waals surface area contributed by atoms with Crippen LogP contribution in [-0.2, 0) is 14.2 Å². The fraction of sp³-hybridized carbons (Fsp3) is 0.778. The van der Waals surface area contributed by atoms with Crippen molar-refractivity contribution in [2.75, 3.05) is 19.8 Å². The van der Waals surface area contributed by atoms with E-state index >= 15 is 0 Å². The molecule has 1 aliphatic heterocycles. The van der Waals surface area contributed by atoms with Gasteiger partial charge in [0.15, 0.2) is 18.9 Å². The number of aliphatic hydroxyl groups is 11. The van der Waals surface area contributed by atoms with Gasteiger partial charge in [0.1, 0.15) is 48.8 Å². The molecule has 0 amide bonds. The van der Waals surface area contributed by atoms with Crippen LogP contribution in [0.4, 0.5) is 0 Å². The van der Waals surface area contributed by atoms with Crippen LogP contribution in [-0.4, -0.2) is 144 Å². The molecule has 0 aromatic rings. The van der Waals surface area contributed by atoms with E-state index in [0.717, 1.165) is 12.2 Å². The van der Waals surface area contributed by atoms with Crippen molar-refractivity contribution in [2.24, 2.45) is 0 Å². The summed E-state index contributed by atoms with van der Waals surface area (Å²) in [6.45, 7) is 4.00. The molecule has 11 N–H and O–H groups in total. The van der Waals surface area contributed by atoms with E-state index in [1.165, 1.54) is 0 Å². The second-order valence-electron chi connectivity index (χ2n) is 6.68. The molecule has 0 radical (unpaired) electrons. The average molecular weight is 474 g/mol. The molecular formula is C18H34O14. The Bertz CT molecular complexity index is 508. The van der Waals surface area contributed by atoms with Crippen LogP contribution in [0.25, 0.3) is 0 Å². The predicted octanol–water partition coefficient (Wildman–Crippen LogP) is -5.75. The van der Waals surface area contributed by atoms with E-state index in [1.54, 1.807) is 0 Å². The number of ether oxygens (including phenoxy) is 3. The standard InChI is InChI=1S/C12H24O11.C6H10O3/c13-1-4(16)7(18)11(5(17)2-14)23-12-10(21)9(20)8(19)6(3-15)22-12;1-3-5(7)9-6(8)4-2/h4-21H,1-3H2;3-8H,1-2H2/t4-,5+,6+,7+,8+,9-,10+,11+,12+;/m0./s1. The third-order valence-corrected chi connectivity index (χ3v) is 4.31. The van der Waals surface area contributed by atoms with Crippen LogP contribution >= 0.6 is 0 Å². The van der Waals surface area contributed by atoms with Gasteiger partial charge in [-0.25, -0.2) is 0 Å². The lowest BCUT2D eigenvalue weighted by atomic mass is 9.98. The molecule has 0 aromatic heterocycles. The molecule has 0 aliphatic carbocycles. The van der Waals surface area contributed by atoms with Gasteiger partial charge in [-0.1, -0.05) is 13.2 Å². The van der Waals surface area contributed by atoms with Crippen LogP contribution in [0.1, 0.15) is 0 Å². The van der Waals surface area contributed by atoms with Gasteiger partial charge in [0, 0.05) is 0 Å². The van der Waals surface area contributed by atoms with Crippen LogP contribution in [0.5, 0.6) is 0 Å². The highest BCUT2D eigenvalue weighted by Crippen LogP contribution is 2.24. The highest BCUT2D eigenvalue weighted by atomic mass is 16.7. The highest BCUT2D eigenvalue weighted by Gasteiger charge is 2.46. The Morgan fingerprint density at radius 2 is 1.28 bits per heavy atom. The maximum Gasteiger partial charge on any atom is 0.187 e. The SMILES string of the molecule is C=CC(O)OC(O)C=C.OC[C@@H](O)[C@@H](O[C@H]1O[C@H](CO)[C@@H](O)[C@H](O)[C@H]1O)[C@H](O)[C@@H](O)CO. The van der Waals surface area contributed by atoms with Crippen molar-refractivity contribution in [2.45, 2.75) is 67.7 Å². The summed E-state index contributed by atoms with van der Waals surface area (Å²) in [5.74, 6) is 0. The molecule has 0 saturated carbocycles. The quantitative estimate of drug-likeness (QED) is 0.0931. The Hall–Kier alpha value is -1.08. The number of hydrogen-bond donors (Lipinski definition) is 11. The molecule has 0 bridgehead atoms. The minimum atomic E-state index is -1.85. The number of hydrogen-bond acceptors (Lipinski definition) is 14. The predicted molar refractivity (Wildman–Crippen MR) is 104 cm³/mol. The first-order chi connectivity index (χ1) is 15.0. The van der Waals surface area contributed by atoms with Gasteiger partial charge in [-0.3, -0.25) is 0 Å². The van der Waals surface area contributed by atoms with Crippen LogP contribution < -0.4 is 0 Å². The maximum atomic E-state index is 9.83. The molecule has 0 spiro atoms. The summed E-state index contributed by atoms with van der Waals surface area (Å²) >= 11 is 0. The Kier molecular flexibility index (Phi) is 15.2. The summed E-state index contributed by atoms with van der Waals surface area (Å²) < 4.78 is 14.6. The van der Waals surface area contributed by atoms with Crippen molar-refractivity contribution >= 4 is 0 Å². The summed E-state index contributed by atoms with van der Waals surface area (Å²) in [5.41, 5.74) is 0. The molecule has 1 saturated heterocycles. The van der Waals surface area contributed by atoms with Crippen LogP contribution in [0.3, 0.4) is 0 Å². The van der Waals surface area contributed by atoms with Gasteiger partial charge >= 0.3 is 0 Å². The van der Waals surface area contributed by atoms with Gasteiger partial charge in [-0.05, 0) is 12.2 Å². The third-order valence-electron chi connectivity index (χ3n) is 4.31. The number of aliphatic hydroxyl groups excluding tert-OH is 11. The molecule has 1 heterocycles. The van der Waals surface area contributed by atoms with Crippen molar-refractivity contribution in [1.82, 2.24) is 0 Å². The molecule has 11 atom stereocenters. The normalized spacial score (nSPS) is 31.3. The molecular weight excluding hydrogens is 440 g/mol. The van der Waals surface area contributed by atoms with Crippen molar-refractivity contribution in [3.05, 3.63) is 25.3 Å². The zero-order valence-electron chi connectivity index (χ0n) is 17.2. The van der Waals surface area contributed by atoms with E-state index in [1.807, 2.05) is 0 Å². The molecule has 14 heteroatoms. The van der Waals surface area contributed by atoms with Gasteiger partial charge in [0.25, 0.3) is 0 Å². The molecule has 1 aliphatic rings. The van der Waals surface area contributed by atoms with E-state index in [2.05, 4.69) is 17.9 Å². The van der Waals surface area contributed by atoms with Gasteiger partial charge in [-0.15, -0.1) is 0 Å². The zero-order chi connectivity index (χ0) is 25.0. The van der Waals surface area contributed by atoms with Gasteiger partial charge in [0.2, 0.25) is 0 Å².